The second-order valence-corrected chi connectivity index (χ2v) is 5.27. The number of methoxy groups -OCH3 is 1. The highest BCUT2D eigenvalue weighted by atomic mass is 32.2. The highest BCUT2D eigenvalue weighted by Gasteiger charge is 2.11. The number of hydrogen-bond donors (Lipinski definition) is 1. The molecule has 1 amide bonds. The van der Waals surface area contributed by atoms with E-state index in [9.17, 15) is 18.0 Å². The van der Waals surface area contributed by atoms with Gasteiger partial charge in [0.1, 0.15) is 11.6 Å². The topological polar surface area (TPSA) is 38.3 Å². The monoisotopic (exact) mass is 327 g/mol. The van der Waals surface area contributed by atoms with E-state index in [1.165, 1.54) is 43.5 Å². The number of amides is 1. The minimum atomic E-state index is -2.51. The molecule has 0 heterocycles. The lowest BCUT2D eigenvalue weighted by Gasteiger charge is -2.10. The largest absolute Gasteiger partial charge is 0.494 e. The molecule has 2 rings (SSSR count). The van der Waals surface area contributed by atoms with E-state index in [4.69, 9.17) is 4.74 Å². The van der Waals surface area contributed by atoms with Crippen molar-refractivity contribution in [1.29, 1.82) is 0 Å². The van der Waals surface area contributed by atoms with Gasteiger partial charge in [0, 0.05) is 16.5 Å². The molecule has 0 aliphatic carbocycles. The summed E-state index contributed by atoms with van der Waals surface area (Å²) < 4.78 is 42.5. The molecule has 0 radical (unpaired) electrons. The fourth-order valence-electron chi connectivity index (χ4n) is 1.75. The van der Waals surface area contributed by atoms with Gasteiger partial charge in [-0.15, -0.1) is 0 Å². The van der Waals surface area contributed by atoms with Crippen molar-refractivity contribution in [3.8, 4) is 5.75 Å². The highest BCUT2D eigenvalue weighted by Crippen LogP contribution is 2.27. The van der Waals surface area contributed by atoms with E-state index in [1.807, 2.05) is 0 Å². The van der Waals surface area contributed by atoms with Gasteiger partial charge in [-0.3, -0.25) is 4.79 Å². The first-order valence-corrected chi connectivity index (χ1v) is 7.07. The number of thioether (sulfide) groups is 1. The van der Waals surface area contributed by atoms with Crippen LogP contribution in [0.5, 0.6) is 5.75 Å². The van der Waals surface area contributed by atoms with E-state index in [2.05, 4.69) is 5.32 Å². The number of nitrogens with one attached hydrogen (secondary N) is 1. The van der Waals surface area contributed by atoms with Crippen molar-refractivity contribution in [1.82, 2.24) is 0 Å². The molecule has 0 aromatic heterocycles. The lowest BCUT2D eigenvalue weighted by molar-refractivity contribution is 0.102. The maximum Gasteiger partial charge on any atom is 0.288 e. The average molecular weight is 327 g/mol. The summed E-state index contributed by atoms with van der Waals surface area (Å²) in [5, 5.41) is 2.58. The summed E-state index contributed by atoms with van der Waals surface area (Å²) in [6, 6.07) is 9.49. The van der Waals surface area contributed by atoms with Crippen molar-refractivity contribution in [2.45, 2.75) is 10.7 Å². The molecular formula is C15H12F3NO2S. The predicted octanol–water partition coefficient (Wildman–Crippen LogP) is 4.40. The van der Waals surface area contributed by atoms with Gasteiger partial charge in [-0.25, -0.2) is 4.39 Å². The molecule has 0 bridgehead atoms. The normalized spacial score (nSPS) is 10.6. The zero-order valence-corrected chi connectivity index (χ0v) is 12.3. The standard InChI is InChI=1S/C15H12F3NO2S/c1-21-13-8-10(16)4-7-12(13)19-14(20)9-2-5-11(6-3-9)22-15(17)18/h2-8,15H,1H3,(H,19,20). The van der Waals surface area contributed by atoms with Crippen molar-refractivity contribution in [3.05, 3.63) is 53.8 Å². The van der Waals surface area contributed by atoms with E-state index < -0.39 is 17.5 Å². The SMILES string of the molecule is COc1cc(F)ccc1NC(=O)c1ccc(SC(F)F)cc1. The molecule has 0 unspecified atom stereocenters. The Kier molecular flexibility index (Phi) is 5.32. The molecule has 2 aromatic rings. The predicted molar refractivity (Wildman–Crippen MR) is 79.2 cm³/mol. The van der Waals surface area contributed by atoms with E-state index >= 15 is 0 Å². The van der Waals surface area contributed by atoms with Gasteiger partial charge < -0.3 is 10.1 Å². The minimum absolute atomic E-state index is 0.193. The lowest BCUT2D eigenvalue weighted by Crippen LogP contribution is -2.12. The molecule has 0 saturated carbocycles. The molecule has 2 aromatic carbocycles. The van der Waals surface area contributed by atoms with Crippen molar-refractivity contribution in [3.63, 3.8) is 0 Å². The summed E-state index contributed by atoms with van der Waals surface area (Å²) in [5.74, 6) is -3.25. The van der Waals surface area contributed by atoms with Crippen LogP contribution in [0.3, 0.4) is 0 Å². The Bertz CT molecular complexity index is 662. The van der Waals surface area contributed by atoms with Crippen molar-refractivity contribution in [2.24, 2.45) is 0 Å². The van der Waals surface area contributed by atoms with Gasteiger partial charge in [-0.1, -0.05) is 11.8 Å². The van der Waals surface area contributed by atoms with Crippen LogP contribution >= 0.6 is 11.8 Å². The zero-order chi connectivity index (χ0) is 16.1. The number of carbonyl (C=O) groups excluding carboxylic acids is 1. The van der Waals surface area contributed by atoms with Crippen LogP contribution in [0.4, 0.5) is 18.9 Å². The Balaban J connectivity index is 2.12. The van der Waals surface area contributed by atoms with E-state index in [0.717, 1.165) is 6.07 Å². The molecule has 22 heavy (non-hydrogen) atoms. The van der Waals surface area contributed by atoms with Crippen LogP contribution in [-0.2, 0) is 0 Å². The van der Waals surface area contributed by atoms with Crippen LogP contribution in [0.25, 0.3) is 0 Å². The number of benzene rings is 2. The fraction of sp³-hybridized carbons (Fsp3) is 0.133. The van der Waals surface area contributed by atoms with Crippen molar-refractivity contribution < 1.29 is 22.7 Å². The molecule has 0 spiro atoms. The summed E-state index contributed by atoms with van der Waals surface area (Å²) in [6.45, 7) is 0. The van der Waals surface area contributed by atoms with Gasteiger partial charge in [0.25, 0.3) is 11.7 Å². The highest BCUT2D eigenvalue weighted by molar-refractivity contribution is 7.99. The number of anilines is 1. The Morgan fingerprint density at radius 2 is 1.86 bits per heavy atom. The zero-order valence-electron chi connectivity index (χ0n) is 11.5. The number of halogens is 3. The van der Waals surface area contributed by atoms with E-state index in [0.29, 0.717) is 27.9 Å². The van der Waals surface area contributed by atoms with Crippen LogP contribution in [-0.4, -0.2) is 18.8 Å². The maximum atomic E-state index is 13.1. The second-order valence-electron chi connectivity index (χ2n) is 4.20. The lowest BCUT2D eigenvalue weighted by atomic mass is 10.2. The minimum Gasteiger partial charge on any atom is -0.494 e. The number of alkyl halides is 2. The Morgan fingerprint density at radius 3 is 2.45 bits per heavy atom. The van der Waals surface area contributed by atoms with Gasteiger partial charge in [0.15, 0.2) is 0 Å². The van der Waals surface area contributed by atoms with Crippen molar-refractivity contribution >= 4 is 23.4 Å². The van der Waals surface area contributed by atoms with Crippen LogP contribution in [0.1, 0.15) is 10.4 Å². The quantitative estimate of drug-likeness (QED) is 0.827. The van der Waals surface area contributed by atoms with Crippen LogP contribution in [0.2, 0.25) is 0 Å². The molecule has 0 atom stereocenters. The summed E-state index contributed by atoms with van der Waals surface area (Å²) in [4.78, 5) is 12.5. The Labute approximate surface area is 129 Å². The second kappa shape index (κ2) is 7.22. The number of carbonyl (C=O) groups is 1. The molecule has 0 saturated heterocycles. The number of ether oxygens (including phenoxy) is 1. The van der Waals surface area contributed by atoms with E-state index in [-0.39, 0.29) is 5.75 Å². The summed E-state index contributed by atoms with van der Waals surface area (Å²) in [7, 11) is 1.36. The Morgan fingerprint density at radius 1 is 1.18 bits per heavy atom. The van der Waals surface area contributed by atoms with E-state index in [1.54, 1.807) is 0 Å². The molecule has 0 fully saturated rings. The molecule has 7 heteroatoms. The van der Waals surface area contributed by atoms with Gasteiger partial charge in [-0.05, 0) is 36.4 Å². The van der Waals surface area contributed by atoms with Gasteiger partial charge in [0.05, 0.1) is 12.8 Å². The smallest absolute Gasteiger partial charge is 0.288 e. The van der Waals surface area contributed by atoms with Gasteiger partial charge in [0.2, 0.25) is 0 Å². The fourth-order valence-corrected chi connectivity index (χ4v) is 2.25. The third kappa shape index (κ3) is 4.17. The summed E-state index contributed by atoms with van der Waals surface area (Å²) in [6.07, 6.45) is 0. The van der Waals surface area contributed by atoms with Crippen LogP contribution < -0.4 is 10.1 Å². The molecule has 116 valence electrons. The first kappa shape index (κ1) is 16.2. The first-order valence-electron chi connectivity index (χ1n) is 6.19. The molecule has 0 aliphatic rings. The molecule has 0 aliphatic heterocycles. The first-order chi connectivity index (χ1) is 10.5. The van der Waals surface area contributed by atoms with Crippen LogP contribution in [0.15, 0.2) is 47.4 Å². The summed E-state index contributed by atoms with van der Waals surface area (Å²) >= 11 is 0.404. The van der Waals surface area contributed by atoms with Gasteiger partial charge >= 0.3 is 0 Å². The van der Waals surface area contributed by atoms with Crippen LogP contribution in [0, 0.1) is 5.82 Å². The molecule has 3 nitrogen and oxygen atoms in total. The average Bonchev–Trinajstić information content (AvgIpc) is 2.49. The number of hydrogen-bond acceptors (Lipinski definition) is 3. The number of rotatable bonds is 5. The Hall–Kier alpha value is -2.15. The third-order valence-electron chi connectivity index (χ3n) is 2.75. The maximum absolute atomic E-state index is 13.1. The molecular weight excluding hydrogens is 315 g/mol. The molecule has 1 N–H and O–H groups in total. The summed E-state index contributed by atoms with van der Waals surface area (Å²) in [5.41, 5.74) is 0.616. The van der Waals surface area contributed by atoms with Gasteiger partial charge in [-0.2, -0.15) is 8.78 Å². The van der Waals surface area contributed by atoms with Crippen molar-refractivity contribution in [2.75, 3.05) is 12.4 Å². The third-order valence-corrected chi connectivity index (χ3v) is 3.48.